The summed E-state index contributed by atoms with van der Waals surface area (Å²) in [5.74, 6) is 8.38. The summed E-state index contributed by atoms with van der Waals surface area (Å²) in [6, 6.07) is 0.133. The molecule has 0 radical (unpaired) electrons. The van der Waals surface area contributed by atoms with Crippen LogP contribution in [0.15, 0.2) is 0 Å². The lowest BCUT2D eigenvalue weighted by Crippen LogP contribution is -2.35. The molecular weight excluding hydrogens is 266 g/mol. The van der Waals surface area contributed by atoms with E-state index in [4.69, 9.17) is 5.84 Å². The van der Waals surface area contributed by atoms with Crippen molar-refractivity contribution >= 4 is 11.6 Å². The number of hydrogen-bond acceptors (Lipinski definition) is 6. The largest absolute Gasteiger partial charge is 0.396 e. The Balaban J connectivity index is 2.30. The second-order valence-electron chi connectivity index (χ2n) is 6.90. The molecule has 1 aromatic heterocycles. The number of nitrogens with two attached hydrogens (primary N) is 1. The van der Waals surface area contributed by atoms with Gasteiger partial charge in [0.05, 0.1) is 0 Å². The van der Waals surface area contributed by atoms with E-state index in [1.54, 1.807) is 0 Å². The Morgan fingerprint density at radius 3 is 2.38 bits per heavy atom. The maximum Gasteiger partial charge on any atom is 0.148 e. The Labute approximate surface area is 126 Å². The van der Waals surface area contributed by atoms with E-state index in [1.165, 1.54) is 0 Å². The summed E-state index contributed by atoms with van der Waals surface area (Å²) >= 11 is 0. The molecule has 118 valence electrons. The molecule has 6 nitrogen and oxygen atoms in total. The van der Waals surface area contributed by atoms with Crippen molar-refractivity contribution in [3.05, 3.63) is 11.4 Å². The van der Waals surface area contributed by atoms with Crippen molar-refractivity contribution in [1.82, 2.24) is 9.97 Å². The van der Waals surface area contributed by atoms with E-state index in [-0.39, 0.29) is 18.1 Å². The summed E-state index contributed by atoms with van der Waals surface area (Å²) in [5, 5.41) is 12.8. The highest BCUT2D eigenvalue weighted by atomic mass is 16.3. The van der Waals surface area contributed by atoms with Crippen molar-refractivity contribution in [3.8, 4) is 0 Å². The summed E-state index contributed by atoms with van der Waals surface area (Å²) in [5.41, 5.74) is 3.60. The molecule has 0 amide bonds. The van der Waals surface area contributed by atoms with E-state index < -0.39 is 0 Å². The predicted molar refractivity (Wildman–Crippen MR) is 85.1 cm³/mol. The topological polar surface area (TPSA) is 96.1 Å². The molecule has 1 fully saturated rings. The first-order valence-corrected chi connectivity index (χ1v) is 7.59. The van der Waals surface area contributed by atoms with E-state index in [1.807, 2.05) is 6.92 Å². The second kappa shape index (κ2) is 6.15. The van der Waals surface area contributed by atoms with Gasteiger partial charge in [0.1, 0.15) is 17.5 Å². The van der Waals surface area contributed by atoms with Crippen LogP contribution in [0.3, 0.4) is 0 Å². The first-order valence-electron chi connectivity index (χ1n) is 7.59. The minimum Gasteiger partial charge on any atom is -0.396 e. The van der Waals surface area contributed by atoms with Crippen molar-refractivity contribution in [2.24, 2.45) is 11.3 Å². The molecule has 0 bridgehead atoms. The van der Waals surface area contributed by atoms with Gasteiger partial charge in [-0.1, -0.05) is 20.8 Å². The molecule has 2 rings (SSSR count). The van der Waals surface area contributed by atoms with E-state index >= 15 is 0 Å². The highest BCUT2D eigenvalue weighted by Crippen LogP contribution is 2.39. The van der Waals surface area contributed by atoms with Crippen LogP contribution < -0.4 is 16.6 Å². The van der Waals surface area contributed by atoms with Crippen LogP contribution in [0.1, 0.15) is 57.3 Å². The van der Waals surface area contributed by atoms with Gasteiger partial charge in [-0.3, -0.25) is 0 Å². The van der Waals surface area contributed by atoms with Crippen LogP contribution in [0.4, 0.5) is 11.6 Å². The Morgan fingerprint density at radius 2 is 1.90 bits per heavy atom. The van der Waals surface area contributed by atoms with Crippen LogP contribution in [0.25, 0.3) is 0 Å². The second-order valence-corrected chi connectivity index (χ2v) is 6.90. The summed E-state index contributed by atoms with van der Waals surface area (Å²) in [4.78, 5) is 9.17. The van der Waals surface area contributed by atoms with Gasteiger partial charge in [0.25, 0.3) is 0 Å². The number of hydrogen-bond donors (Lipinski definition) is 4. The van der Waals surface area contributed by atoms with E-state index in [0.717, 1.165) is 30.0 Å². The fourth-order valence-electron chi connectivity index (χ4n) is 2.35. The van der Waals surface area contributed by atoms with E-state index in [2.05, 4.69) is 41.5 Å². The molecule has 0 spiro atoms. The zero-order chi connectivity index (χ0) is 15.6. The lowest BCUT2D eigenvalue weighted by atomic mass is 9.85. The molecule has 1 aliphatic carbocycles. The van der Waals surface area contributed by atoms with Crippen LogP contribution >= 0.6 is 0 Å². The molecule has 6 heteroatoms. The monoisotopic (exact) mass is 293 g/mol. The number of nitrogen functional groups attached to an aromatic ring is 1. The molecule has 1 aromatic rings. The average Bonchev–Trinajstić information content (AvgIpc) is 3.23. The highest BCUT2D eigenvalue weighted by Gasteiger charge is 2.30. The number of nitrogens with zero attached hydrogens (tertiary/aromatic N) is 2. The number of aliphatic hydroxyl groups is 1. The molecule has 5 N–H and O–H groups in total. The fourth-order valence-corrected chi connectivity index (χ4v) is 2.35. The van der Waals surface area contributed by atoms with Gasteiger partial charge in [-0.15, -0.1) is 0 Å². The predicted octanol–water partition coefficient (Wildman–Crippen LogP) is 2.16. The molecule has 1 atom stereocenters. The standard InChI is InChI=1S/C15H27N5O/c1-9-12(17-11(7-8-21)15(2,3)4)18-14(10-5-6-10)19-13(9)20-16/h10-11,21H,5-8,16H2,1-4H3,(H2,17,18,19,20). The summed E-state index contributed by atoms with van der Waals surface area (Å²) in [6.45, 7) is 8.56. The van der Waals surface area contributed by atoms with Gasteiger partial charge in [0, 0.05) is 24.1 Å². The summed E-state index contributed by atoms with van der Waals surface area (Å²) in [7, 11) is 0. The third kappa shape index (κ3) is 3.83. The van der Waals surface area contributed by atoms with E-state index in [0.29, 0.717) is 18.2 Å². The minimum absolute atomic E-state index is 0.0240. The molecule has 1 aliphatic rings. The van der Waals surface area contributed by atoms with Gasteiger partial charge >= 0.3 is 0 Å². The molecule has 0 aromatic carbocycles. The minimum atomic E-state index is 0.0240. The third-order valence-corrected chi connectivity index (χ3v) is 4.02. The van der Waals surface area contributed by atoms with Crippen molar-refractivity contribution in [2.75, 3.05) is 17.3 Å². The van der Waals surface area contributed by atoms with Crippen LogP contribution in [0.2, 0.25) is 0 Å². The number of hydrazine groups is 1. The number of aromatic nitrogens is 2. The average molecular weight is 293 g/mol. The molecule has 1 saturated carbocycles. The van der Waals surface area contributed by atoms with Gasteiger partial charge < -0.3 is 15.8 Å². The zero-order valence-electron chi connectivity index (χ0n) is 13.4. The Bertz CT molecular complexity index is 494. The third-order valence-electron chi connectivity index (χ3n) is 4.02. The SMILES string of the molecule is Cc1c(NN)nc(C2CC2)nc1NC(CCO)C(C)(C)C. The van der Waals surface area contributed by atoms with Gasteiger partial charge in [0.15, 0.2) is 0 Å². The first-order chi connectivity index (χ1) is 9.86. The van der Waals surface area contributed by atoms with Crippen LogP contribution in [0, 0.1) is 12.3 Å². The molecule has 0 aliphatic heterocycles. The normalized spacial score (nSPS) is 16.7. The lowest BCUT2D eigenvalue weighted by Gasteiger charge is -2.32. The fraction of sp³-hybridized carbons (Fsp3) is 0.733. The molecular formula is C15H27N5O. The van der Waals surface area contributed by atoms with Crippen molar-refractivity contribution in [3.63, 3.8) is 0 Å². The van der Waals surface area contributed by atoms with E-state index in [9.17, 15) is 5.11 Å². The lowest BCUT2D eigenvalue weighted by molar-refractivity contribution is 0.235. The Hall–Kier alpha value is -1.40. The Morgan fingerprint density at radius 1 is 1.29 bits per heavy atom. The number of anilines is 2. The zero-order valence-corrected chi connectivity index (χ0v) is 13.4. The highest BCUT2D eigenvalue weighted by molar-refractivity contribution is 5.57. The number of rotatable bonds is 6. The maximum absolute atomic E-state index is 9.30. The molecule has 1 unspecified atom stereocenters. The molecule has 0 saturated heterocycles. The van der Waals surface area contributed by atoms with Crippen LogP contribution in [0.5, 0.6) is 0 Å². The van der Waals surface area contributed by atoms with Crippen molar-refractivity contribution in [1.29, 1.82) is 0 Å². The number of nitrogens with one attached hydrogen (secondary N) is 2. The van der Waals surface area contributed by atoms with Crippen LogP contribution in [-0.2, 0) is 0 Å². The molecule has 21 heavy (non-hydrogen) atoms. The molecule has 1 heterocycles. The first kappa shape index (κ1) is 16.0. The van der Waals surface area contributed by atoms with Gasteiger partial charge in [0.2, 0.25) is 0 Å². The Kier molecular flexibility index (Phi) is 4.68. The van der Waals surface area contributed by atoms with Gasteiger partial charge in [-0.2, -0.15) is 0 Å². The quantitative estimate of drug-likeness (QED) is 0.474. The smallest absolute Gasteiger partial charge is 0.148 e. The van der Waals surface area contributed by atoms with Crippen LogP contribution in [-0.4, -0.2) is 27.7 Å². The van der Waals surface area contributed by atoms with Gasteiger partial charge in [-0.25, -0.2) is 15.8 Å². The van der Waals surface area contributed by atoms with Crippen molar-refractivity contribution < 1.29 is 5.11 Å². The van der Waals surface area contributed by atoms with Gasteiger partial charge in [-0.05, 0) is 31.6 Å². The summed E-state index contributed by atoms with van der Waals surface area (Å²) < 4.78 is 0. The summed E-state index contributed by atoms with van der Waals surface area (Å²) in [6.07, 6.45) is 2.97. The maximum atomic E-state index is 9.30. The van der Waals surface area contributed by atoms with Crippen molar-refractivity contribution in [2.45, 2.75) is 58.9 Å². The number of aliphatic hydroxyl groups excluding tert-OH is 1.